The fourth-order valence-electron chi connectivity index (χ4n) is 8.83. The normalized spacial score (nSPS) is 14.6. The molecule has 4 aliphatic rings. The number of para-hydroxylation sites is 2. The van der Waals surface area contributed by atoms with Crippen molar-refractivity contribution in [2.45, 2.75) is 5.41 Å². The van der Waals surface area contributed by atoms with Gasteiger partial charge in [-0.2, -0.15) is 0 Å². The van der Waals surface area contributed by atoms with Crippen LogP contribution in [0.2, 0.25) is 0 Å². The van der Waals surface area contributed by atoms with Gasteiger partial charge in [0.2, 0.25) is 0 Å². The molecule has 212 valence electrons. The van der Waals surface area contributed by atoms with Crippen molar-refractivity contribution in [2.24, 2.45) is 0 Å². The molecule has 2 aliphatic carbocycles. The maximum Gasteiger partial charge on any atom is 0.260 e. The molecule has 0 saturated carbocycles. The highest BCUT2D eigenvalue weighted by Gasteiger charge is 2.51. The smallest absolute Gasteiger partial charge is 0.260 e. The molecular weight excluding hydrogens is 559 g/mol. The van der Waals surface area contributed by atoms with Gasteiger partial charge in [0, 0.05) is 5.46 Å². The Bertz CT molecular complexity index is 2320. The van der Waals surface area contributed by atoms with Crippen LogP contribution in [0.25, 0.3) is 33.4 Å². The van der Waals surface area contributed by atoms with Crippen molar-refractivity contribution in [3.8, 4) is 56.4 Å². The molecule has 7 aromatic carbocycles. The SMILES string of the molecule is c1ccc2c(c1)Oc1cc(-c3ccc4c(c3)C3(c5ccccc5-c5ccccc53)c3ccccc3-4)cc3c1B2c1ccccc1O3. The largest absolute Gasteiger partial charge is 0.458 e. The second-order valence-corrected chi connectivity index (χ2v) is 12.7. The lowest BCUT2D eigenvalue weighted by molar-refractivity contribution is 0.465. The molecule has 2 aliphatic heterocycles. The highest BCUT2D eigenvalue weighted by Crippen LogP contribution is 2.63. The average Bonchev–Trinajstić information content (AvgIpc) is 3.58. The lowest BCUT2D eigenvalue weighted by Crippen LogP contribution is -2.57. The van der Waals surface area contributed by atoms with Gasteiger partial charge in [-0.3, -0.25) is 0 Å². The monoisotopic (exact) mass is 584 g/mol. The highest BCUT2D eigenvalue weighted by molar-refractivity contribution is 6.98. The molecule has 46 heavy (non-hydrogen) atoms. The van der Waals surface area contributed by atoms with Crippen molar-refractivity contribution in [1.82, 2.24) is 0 Å². The summed E-state index contributed by atoms with van der Waals surface area (Å²) in [6, 6.07) is 55.1. The van der Waals surface area contributed by atoms with Gasteiger partial charge >= 0.3 is 0 Å². The van der Waals surface area contributed by atoms with Gasteiger partial charge in [0.1, 0.15) is 23.0 Å². The van der Waals surface area contributed by atoms with E-state index in [0.717, 1.165) is 39.6 Å². The number of benzene rings is 7. The van der Waals surface area contributed by atoms with E-state index in [1.54, 1.807) is 0 Å². The van der Waals surface area contributed by atoms with Crippen LogP contribution < -0.4 is 25.9 Å². The molecule has 2 heterocycles. The van der Waals surface area contributed by atoms with Gasteiger partial charge in [-0.25, -0.2) is 0 Å². The fourth-order valence-corrected chi connectivity index (χ4v) is 8.83. The zero-order chi connectivity index (χ0) is 30.0. The van der Waals surface area contributed by atoms with E-state index in [0.29, 0.717) is 0 Å². The molecule has 0 saturated heterocycles. The molecule has 0 fully saturated rings. The van der Waals surface area contributed by atoms with Crippen LogP contribution in [0, 0.1) is 0 Å². The molecule has 0 amide bonds. The van der Waals surface area contributed by atoms with Crippen LogP contribution in [0.4, 0.5) is 0 Å². The second kappa shape index (κ2) is 8.68. The van der Waals surface area contributed by atoms with Crippen molar-refractivity contribution in [3.05, 3.63) is 174 Å². The first-order chi connectivity index (χ1) is 22.8. The number of rotatable bonds is 1. The quantitative estimate of drug-likeness (QED) is 0.180. The zero-order valence-electron chi connectivity index (χ0n) is 24.8. The van der Waals surface area contributed by atoms with Crippen LogP contribution in [0.1, 0.15) is 22.3 Å². The summed E-state index contributed by atoms with van der Waals surface area (Å²) < 4.78 is 13.3. The molecule has 0 unspecified atom stereocenters. The summed E-state index contributed by atoms with van der Waals surface area (Å²) in [5, 5.41) is 0. The Labute approximate surface area is 267 Å². The predicted molar refractivity (Wildman–Crippen MR) is 186 cm³/mol. The van der Waals surface area contributed by atoms with E-state index in [1.165, 1.54) is 55.4 Å². The molecule has 2 nitrogen and oxygen atoms in total. The van der Waals surface area contributed by atoms with Gasteiger partial charge in [-0.05, 0) is 96.9 Å². The molecule has 0 bridgehead atoms. The summed E-state index contributed by atoms with van der Waals surface area (Å²) in [6.07, 6.45) is 0. The fraction of sp³-hybridized carbons (Fsp3) is 0.0233. The summed E-state index contributed by atoms with van der Waals surface area (Å²) in [4.78, 5) is 0. The third-order valence-corrected chi connectivity index (χ3v) is 10.6. The Morgan fingerprint density at radius 3 is 1.37 bits per heavy atom. The molecule has 11 rings (SSSR count). The summed E-state index contributed by atoms with van der Waals surface area (Å²) in [5.74, 6) is 3.53. The molecule has 0 radical (unpaired) electrons. The molecule has 1 spiro atoms. The van der Waals surface area contributed by atoms with Gasteiger partial charge in [0.15, 0.2) is 0 Å². The van der Waals surface area contributed by atoms with E-state index in [-0.39, 0.29) is 12.1 Å². The van der Waals surface area contributed by atoms with Gasteiger partial charge in [0.25, 0.3) is 6.71 Å². The van der Waals surface area contributed by atoms with Crippen molar-refractivity contribution in [3.63, 3.8) is 0 Å². The maximum atomic E-state index is 6.65. The number of fused-ring (bicyclic) bond motifs is 14. The van der Waals surface area contributed by atoms with Crippen LogP contribution in [0.15, 0.2) is 152 Å². The minimum absolute atomic E-state index is 0.0678. The predicted octanol–water partition coefficient (Wildman–Crippen LogP) is 8.42. The van der Waals surface area contributed by atoms with Gasteiger partial charge in [-0.15, -0.1) is 0 Å². The molecule has 0 N–H and O–H groups in total. The lowest BCUT2D eigenvalue weighted by Gasteiger charge is -2.33. The first-order valence-corrected chi connectivity index (χ1v) is 16.0. The van der Waals surface area contributed by atoms with E-state index in [4.69, 9.17) is 9.47 Å². The number of hydrogen-bond acceptors (Lipinski definition) is 2. The van der Waals surface area contributed by atoms with Gasteiger partial charge < -0.3 is 9.47 Å². The first kappa shape index (κ1) is 24.5. The Hall–Kier alpha value is -5.80. The van der Waals surface area contributed by atoms with Crippen LogP contribution >= 0.6 is 0 Å². The number of ether oxygens (including phenoxy) is 2. The molecular formula is C43H25BO2. The van der Waals surface area contributed by atoms with Crippen LogP contribution in [0.3, 0.4) is 0 Å². The average molecular weight is 584 g/mol. The van der Waals surface area contributed by atoms with Gasteiger partial charge in [-0.1, -0.05) is 121 Å². The van der Waals surface area contributed by atoms with E-state index in [1.807, 2.05) is 0 Å². The first-order valence-electron chi connectivity index (χ1n) is 16.0. The Morgan fingerprint density at radius 1 is 0.370 bits per heavy atom. The van der Waals surface area contributed by atoms with E-state index in [9.17, 15) is 0 Å². The van der Waals surface area contributed by atoms with Crippen molar-refractivity contribution in [1.29, 1.82) is 0 Å². The molecule has 7 aromatic rings. The lowest BCUT2D eigenvalue weighted by atomic mass is 9.35. The van der Waals surface area contributed by atoms with E-state index >= 15 is 0 Å². The summed E-state index contributed by atoms with van der Waals surface area (Å²) in [5.41, 5.74) is 15.9. The molecule has 0 atom stereocenters. The Morgan fingerprint density at radius 2 is 0.826 bits per heavy atom. The van der Waals surface area contributed by atoms with Crippen LogP contribution in [-0.2, 0) is 5.41 Å². The standard InChI is InChI=1S/C43H25BO2/c1-4-14-32-28(11-1)29-12-2-5-15-33(29)43(32)34-16-6-3-13-30(34)31-22-21-26(23-35(31)43)27-24-40-42-41(25-27)46-39-20-10-8-18-37(39)44(42)36-17-7-9-19-38(36)45-40/h1-25H. The Balaban J connectivity index is 1.16. The van der Waals surface area contributed by atoms with Crippen molar-refractivity contribution < 1.29 is 9.47 Å². The topological polar surface area (TPSA) is 18.5 Å². The minimum atomic E-state index is -0.381. The molecule has 3 heteroatoms. The third kappa shape index (κ3) is 2.94. The summed E-state index contributed by atoms with van der Waals surface area (Å²) >= 11 is 0. The minimum Gasteiger partial charge on any atom is -0.458 e. The van der Waals surface area contributed by atoms with Crippen LogP contribution in [0.5, 0.6) is 23.0 Å². The van der Waals surface area contributed by atoms with Crippen LogP contribution in [-0.4, -0.2) is 6.71 Å². The van der Waals surface area contributed by atoms with Gasteiger partial charge in [0.05, 0.1) is 5.41 Å². The van der Waals surface area contributed by atoms with E-state index in [2.05, 4.69) is 152 Å². The highest BCUT2D eigenvalue weighted by atomic mass is 16.5. The zero-order valence-corrected chi connectivity index (χ0v) is 24.8. The second-order valence-electron chi connectivity index (χ2n) is 12.7. The van der Waals surface area contributed by atoms with Crippen molar-refractivity contribution in [2.75, 3.05) is 0 Å². The third-order valence-electron chi connectivity index (χ3n) is 10.6. The molecule has 0 aromatic heterocycles. The Kier molecular flexibility index (Phi) is 4.63. The summed E-state index contributed by atoms with van der Waals surface area (Å²) in [7, 11) is 0. The van der Waals surface area contributed by atoms with Crippen molar-refractivity contribution >= 4 is 23.1 Å². The number of hydrogen-bond donors (Lipinski definition) is 0. The van der Waals surface area contributed by atoms with E-state index < -0.39 is 0 Å². The summed E-state index contributed by atoms with van der Waals surface area (Å²) in [6.45, 7) is 0.0678. The maximum absolute atomic E-state index is 6.65.